The van der Waals surface area contributed by atoms with Crippen LogP contribution in [0, 0.1) is 20.8 Å². The molecular formula is C16H21N5OS. The van der Waals surface area contributed by atoms with Crippen molar-refractivity contribution in [1.82, 2.24) is 25.1 Å². The molecule has 7 heteroatoms. The smallest absolute Gasteiger partial charge is 0.259 e. The van der Waals surface area contributed by atoms with Gasteiger partial charge in [0.05, 0.1) is 24.2 Å². The van der Waals surface area contributed by atoms with Crippen LogP contribution in [-0.2, 0) is 6.54 Å². The van der Waals surface area contributed by atoms with E-state index < -0.39 is 0 Å². The number of aryl methyl sites for hydroxylation is 3. The van der Waals surface area contributed by atoms with E-state index in [-0.39, 0.29) is 11.6 Å². The monoisotopic (exact) mass is 331 g/mol. The molecule has 1 atom stereocenters. The molecule has 0 amide bonds. The van der Waals surface area contributed by atoms with Gasteiger partial charge in [0, 0.05) is 17.6 Å². The first-order chi connectivity index (χ1) is 11.0. The maximum absolute atomic E-state index is 12.3. The molecule has 0 fully saturated rings. The lowest BCUT2D eigenvalue weighted by Crippen LogP contribution is -2.26. The van der Waals surface area contributed by atoms with Gasteiger partial charge in [0.2, 0.25) is 0 Å². The van der Waals surface area contributed by atoms with Crippen LogP contribution in [0.4, 0.5) is 0 Å². The van der Waals surface area contributed by atoms with Crippen LogP contribution in [0.3, 0.4) is 0 Å². The average Bonchev–Trinajstić information content (AvgIpc) is 3.03. The molecule has 0 saturated carbocycles. The zero-order valence-corrected chi connectivity index (χ0v) is 14.6. The van der Waals surface area contributed by atoms with Crippen LogP contribution < -0.4 is 10.9 Å². The van der Waals surface area contributed by atoms with E-state index in [0.29, 0.717) is 5.82 Å². The summed E-state index contributed by atoms with van der Waals surface area (Å²) in [5, 5.41) is 8.36. The summed E-state index contributed by atoms with van der Waals surface area (Å²) in [5.74, 6) is 0.681. The summed E-state index contributed by atoms with van der Waals surface area (Å²) in [7, 11) is 0. The Balaban J connectivity index is 1.73. The minimum Gasteiger partial charge on any atom is -0.309 e. The molecule has 3 aromatic heterocycles. The predicted octanol–water partition coefficient (Wildman–Crippen LogP) is 2.46. The topological polar surface area (TPSA) is 75.6 Å². The molecule has 0 aromatic carbocycles. The van der Waals surface area contributed by atoms with Crippen molar-refractivity contribution >= 4 is 21.6 Å². The summed E-state index contributed by atoms with van der Waals surface area (Å²) in [6.45, 7) is 9.56. The van der Waals surface area contributed by atoms with Gasteiger partial charge in [0.1, 0.15) is 10.7 Å². The Kier molecular flexibility index (Phi) is 4.32. The first kappa shape index (κ1) is 15.9. The van der Waals surface area contributed by atoms with Crippen LogP contribution >= 0.6 is 11.3 Å². The Hall–Kier alpha value is -1.99. The van der Waals surface area contributed by atoms with Crippen molar-refractivity contribution in [3.05, 3.63) is 44.6 Å². The number of aromatic nitrogens is 4. The van der Waals surface area contributed by atoms with Crippen molar-refractivity contribution in [2.75, 3.05) is 6.54 Å². The van der Waals surface area contributed by atoms with Gasteiger partial charge in [-0.25, -0.2) is 4.98 Å². The number of thiophene rings is 1. The molecule has 0 unspecified atom stereocenters. The third kappa shape index (κ3) is 3.20. The molecule has 2 N–H and O–H groups in total. The Morgan fingerprint density at radius 3 is 2.87 bits per heavy atom. The fourth-order valence-electron chi connectivity index (χ4n) is 2.56. The number of hydrogen-bond acceptors (Lipinski definition) is 5. The molecule has 0 saturated heterocycles. The van der Waals surface area contributed by atoms with Crippen LogP contribution in [0.5, 0.6) is 0 Å². The lowest BCUT2D eigenvalue weighted by Gasteiger charge is -2.13. The Morgan fingerprint density at radius 1 is 1.39 bits per heavy atom. The van der Waals surface area contributed by atoms with Gasteiger partial charge in [-0.2, -0.15) is 5.10 Å². The summed E-state index contributed by atoms with van der Waals surface area (Å²) < 4.78 is 1.90. The first-order valence-corrected chi connectivity index (χ1v) is 8.49. The second kappa shape index (κ2) is 6.25. The van der Waals surface area contributed by atoms with Gasteiger partial charge >= 0.3 is 0 Å². The number of hydrogen-bond donors (Lipinski definition) is 2. The number of nitrogens with one attached hydrogen (secondary N) is 2. The molecule has 3 aromatic rings. The molecule has 23 heavy (non-hydrogen) atoms. The molecule has 122 valence electrons. The fourth-order valence-corrected chi connectivity index (χ4v) is 3.59. The van der Waals surface area contributed by atoms with Gasteiger partial charge in [-0.1, -0.05) is 0 Å². The summed E-state index contributed by atoms with van der Waals surface area (Å²) >= 11 is 1.57. The molecule has 0 radical (unpaired) electrons. The Morgan fingerprint density at radius 2 is 2.17 bits per heavy atom. The number of nitrogens with zero attached hydrogens (tertiary/aromatic N) is 3. The van der Waals surface area contributed by atoms with E-state index in [1.165, 1.54) is 0 Å². The van der Waals surface area contributed by atoms with Crippen LogP contribution in [0.2, 0.25) is 0 Å². The largest absolute Gasteiger partial charge is 0.309 e. The third-order valence-corrected chi connectivity index (χ3v) is 5.12. The zero-order valence-electron chi connectivity index (χ0n) is 13.8. The second-order valence-corrected chi connectivity index (χ2v) is 7.07. The van der Waals surface area contributed by atoms with Gasteiger partial charge in [-0.15, -0.1) is 11.3 Å². The van der Waals surface area contributed by atoms with Crippen LogP contribution in [0.25, 0.3) is 10.2 Å². The van der Waals surface area contributed by atoms with Crippen molar-refractivity contribution < 1.29 is 0 Å². The highest BCUT2D eigenvalue weighted by Crippen LogP contribution is 2.26. The van der Waals surface area contributed by atoms with E-state index in [9.17, 15) is 4.79 Å². The van der Waals surface area contributed by atoms with Gasteiger partial charge in [-0.3, -0.25) is 9.48 Å². The van der Waals surface area contributed by atoms with Crippen LogP contribution in [0.1, 0.15) is 34.8 Å². The highest BCUT2D eigenvalue weighted by molar-refractivity contribution is 7.18. The maximum Gasteiger partial charge on any atom is 0.259 e. The predicted molar refractivity (Wildman–Crippen MR) is 93.1 cm³/mol. The number of aromatic amines is 1. The van der Waals surface area contributed by atoms with E-state index in [0.717, 1.165) is 39.3 Å². The van der Waals surface area contributed by atoms with E-state index in [4.69, 9.17) is 0 Å². The van der Waals surface area contributed by atoms with E-state index in [1.807, 2.05) is 44.8 Å². The standard InChI is InChI=1S/C16H21N5OS/c1-9-7-18-21(8-9)6-5-17-11(3)14-19-15(22)13-10(2)12(4)23-16(13)20-14/h7-8,11,17H,5-6H2,1-4H3,(H,19,20,22)/t11-/m0/s1. The quantitative estimate of drug-likeness (QED) is 0.753. The summed E-state index contributed by atoms with van der Waals surface area (Å²) in [6.07, 6.45) is 3.85. The molecule has 3 rings (SSSR count). The van der Waals surface area contributed by atoms with Crippen LogP contribution in [0.15, 0.2) is 17.2 Å². The van der Waals surface area contributed by atoms with Gasteiger partial charge in [-0.05, 0) is 38.8 Å². The van der Waals surface area contributed by atoms with Crippen LogP contribution in [-0.4, -0.2) is 26.3 Å². The average molecular weight is 331 g/mol. The molecule has 0 aliphatic carbocycles. The normalized spacial score (nSPS) is 12.9. The van der Waals surface area contributed by atoms with Crippen molar-refractivity contribution in [3.63, 3.8) is 0 Å². The SMILES string of the molecule is Cc1cnn(CCN[C@@H](C)c2nc3sc(C)c(C)c3c(=O)[nH]2)c1. The van der Waals surface area contributed by atoms with Gasteiger partial charge in [0.25, 0.3) is 5.56 Å². The Labute approximate surface area is 138 Å². The lowest BCUT2D eigenvalue weighted by molar-refractivity contribution is 0.493. The molecule has 6 nitrogen and oxygen atoms in total. The maximum atomic E-state index is 12.3. The molecule has 3 heterocycles. The highest BCUT2D eigenvalue weighted by atomic mass is 32.1. The molecule has 0 bridgehead atoms. The molecule has 0 aliphatic heterocycles. The minimum atomic E-state index is -0.0526. The number of fused-ring (bicyclic) bond motifs is 1. The highest BCUT2D eigenvalue weighted by Gasteiger charge is 2.14. The molecule has 0 aliphatic rings. The zero-order chi connectivity index (χ0) is 16.6. The third-order valence-electron chi connectivity index (χ3n) is 4.02. The fraction of sp³-hybridized carbons (Fsp3) is 0.438. The lowest BCUT2D eigenvalue weighted by atomic mass is 10.2. The van der Waals surface area contributed by atoms with Crippen molar-refractivity contribution in [1.29, 1.82) is 0 Å². The van der Waals surface area contributed by atoms with E-state index in [2.05, 4.69) is 20.4 Å². The first-order valence-electron chi connectivity index (χ1n) is 7.68. The molecule has 0 spiro atoms. The minimum absolute atomic E-state index is 0.0218. The summed E-state index contributed by atoms with van der Waals surface area (Å²) in [6, 6.07) is -0.0218. The van der Waals surface area contributed by atoms with E-state index in [1.54, 1.807) is 11.3 Å². The van der Waals surface area contributed by atoms with Crippen molar-refractivity contribution in [3.8, 4) is 0 Å². The van der Waals surface area contributed by atoms with Crippen molar-refractivity contribution in [2.45, 2.75) is 40.3 Å². The van der Waals surface area contributed by atoms with Gasteiger partial charge < -0.3 is 10.3 Å². The van der Waals surface area contributed by atoms with Gasteiger partial charge in [0.15, 0.2) is 0 Å². The summed E-state index contributed by atoms with van der Waals surface area (Å²) in [4.78, 5) is 21.8. The molecular weight excluding hydrogens is 310 g/mol. The van der Waals surface area contributed by atoms with Crippen molar-refractivity contribution in [2.24, 2.45) is 0 Å². The Bertz CT molecular complexity index is 892. The number of rotatable bonds is 5. The second-order valence-electron chi connectivity index (χ2n) is 5.87. The van der Waals surface area contributed by atoms with E-state index >= 15 is 0 Å². The summed E-state index contributed by atoms with van der Waals surface area (Å²) in [5.41, 5.74) is 2.13. The number of H-pyrrole nitrogens is 1.